The molecule has 0 aromatic heterocycles. The number of nitrogens with zero attached hydrogens (tertiary/aromatic N) is 1. The van der Waals surface area contributed by atoms with Crippen LogP contribution in [-0.2, 0) is 4.79 Å². The zero-order chi connectivity index (χ0) is 15.4. The fourth-order valence-electron chi connectivity index (χ4n) is 3.43. The minimum Gasteiger partial charge on any atom is -0.368 e. The Kier molecular flexibility index (Phi) is 7.00. The molecule has 0 saturated carbocycles. The van der Waals surface area contributed by atoms with Crippen LogP contribution in [0.4, 0.5) is 5.69 Å². The molecule has 2 saturated heterocycles. The molecular formula is C17H25Cl2N3O. The Hall–Kier alpha value is -0.970. The zero-order valence-electron chi connectivity index (χ0n) is 13.3. The summed E-state index contributed by atoms with van der Waals surface area (Å²) in [7, 11) is 0. The third-order valence-electron chi connectivity index (χ3n) is 4.67. The molecule has 0 bridgehead atoms. The summed E-state index contributed by atoms with van der Waals surface area (Å²) >= 11 is 6.30. The molecule has 1 amide bonds. The van der Waals surface area contributed by atoms with E-state index in [0.717, 1.165) is 62.6 Å². The molecule has 1 atom stereocenters. The van der Waals surface area contributed by atoms with E-state index in [-0.39, 0.29) is 30.3 Å². The van der Waals surface area contributed by atoms with Crippen LogP contribution in [-0.4, -0.2) is 38.1 Å². The van der Waals surface area contributed by atoms with E-state index in [1.54, 1.807) is 0 Å². The first-order chi connectivity index (χ1) is 10.7. The average Bonchev–Trinajstić information content (AvgIpc) is 2.56. The fourth-order valence-corrected chi connectivity index (χ4v) is 3.68. The van der Waals surface area contributed by atoms with Crippen molar-refractivity contribution >= 4 is 35.6 Å². The molecule has 0 aliphatic carbocycles. The van der Waals surface area contributed by atoms with Crippen molar-refractivity contribution < 1.29 is 4.79 Å². The smallest absolute Gasteiger partial charge is 0.223 e. The molecule has 3 rings (SSSR count). The summed E-state index contributed by atoms with van der Waals surface area (Å²) in [6, 6.07) is 8.17. The summed E-state index contributed by atoms with van der Waals surface area (Å²) in [5.41, 5.74) is 1.07. The second-order valence-corrected chi connectivity index (χ2v) is 6.68. The number of halogens is 2. The quantitative estimate of drug-likeness (QED) is 0.873. The predicted octanol–water partition coefficient (Wildman–Crippen LogP) is 2.85. The number of para-hydroxylation sites is 1. The number of amides is 1. The van der Waals surface area contributed by atoms with Crippen LogP contribution in [0, 0.1) is 5.92 Å². The van der Waals surface area contributed by atoms with Gasteiger partial charge < -0.3 is 15.5 Å². The SMILES string of the molecule is Cl.O=C(NC1CCCN(c2ccccc2Cl)C1)C1CCNCC1. The van der Waals surface area contributed by atoms with E-state index in [9.17, 15) is 4.79 Å². The van der Waals surface area contributed by atoms with Crippen LogP contribution < -0.4 is 15.5 Å². The molecule has 128 valence electrons. The molecule has 2 N–H and O–H groups in total. The van der Waals surface area contributed by atoms with Gasteiger partial charge in [0.15, 0.2) is 0 Å². The van der Waals surface area contributed by atoms with E-state index in [1.165, 1.54) is 0 Å². The van der Waals surface area contributed by atoms with E-state index >= 15 is 0 Å². The lowest BCUT2D eigenvalue weighted by molar-refractivity contribution is -0.126. The van der Waals surface area contributed by atoms with Crippen molar-refractivity contribution in [2.75, 3.05) is 31.1 Å². The number of benzene rings is 1. The lowest BCUT2D eigenvalue weighted by Gasteiger charge is -2.36. The lowest BCUT2D eigenvalue weighted by atomic mass is 9.96. The number of hydrogen-bond acceptors (Lipinski definition) is 3. The van der Waals surface area contributed by atoms with E-state index in [1.807, 2.05) is 18.2 Å². The van der Waals surface area contributed by atoms with Crippen molar-refractivity contribution in [1.29, 1.82) is 0 Å². The number of rotatable bonds is 3. The summed E-state index contributed by atoms with van der Waals surface area (Å²) in [5, 5.41) is 7.35. The zero-order valence-corrected chi connectivity index (χ0v) is 14.8. The van der Waals surface area contributed by atoms with Gasteiger partial charge in [-0.15, -0.1) is 12.4 Å². The summed E-state index contributed by atoms with van der Waals surface area (Å²) in [6.07, 6.45) is 4.04. The highest BCUT2D eigenvalue weighted by molar-refractivity contribution is 6.33. The molecule has 6 heteroatoms. The molecule has 0 spiro atoms. The van der Waals surface area contributed by atoms with Crippen LogP contribution in [0.3, 0.4) is 0 Å². The molecule has 1 unspecified atom stereocenters. The van der Waals surface area contributed by atoms with Crippen LogP contribution in [0.2, 0.25) is 5.02 Å². The van der Waals surface area contributed by atoms with E-state index in [0.29, 0.717) is 0 Å². The van der Waals surface area contributed by atoms with Crippen LogP contribution >= 0.6 is 24.0 Å². The monoisotopic (exact) mass is 357 g/mol. The normalized spacial score (nSPS) is 22.3. The number of nitrogens with one attached hydrogen (secondary N) is 2. The van der Waals surface area contributed by atoms with Gasteiger partial charge in [0.25, 0.3) is 0 Å². The van der Waals surface area contributed by atoms with E-state index < -0.39 is 0 Å². The fraction of sp³-hybridized carbons (Fsp3) is 0.588. The van der Waals surface area contributed by atoms with Gasteiger partial charge in [-0.3, -0.25) is 4.79 Å². The molecule has 2 fully saturated rings. The van der Waals surface area contributed by atoms with Gasteiger partial charge in [-0.05, 0) is 50.9 Å². The van der Waals surface area contributed by atoms with Gasteiger partial charge in [0.05, 0.1) is 10.7 Å². The van der Waals surface area contributed by atoms with Gasteiger partial charge in [-0.25, -0.2) is 0 Å². The molecule has 0 radical (unpaired) electrons. The van der Waals surface area contributed by atoms with Gasteiger partial charge in [0.2, 0.25) is 5.91 Å². The first kappa shape index (κ1) is 18.4. The molecule has 1 aromatic rings. The number of carbonyl (C=O) groups excluding carboxylic acids is 1. The minimum absolute atomic E-state index is 0. The molecule has 1 aromatic carbocycles. The largest absolute Gasteiger partial charge is 0.368 e. The van der Waals surface area contributed by atoms with E-state index in [2.05, 4.69) is 21.6 Å². The van der Waals surface area contributed by atoms with Crippen LogP contribution in [0.1, 0.15) is 25.7 Å². The highest BCUT2D eigenvalue weighted by Crippen LogP contribution is 2.28. The Balaban J connectivity index is 0.00000192. The van der Waals surface area contributed by atoms with Crippen molar-refractivity contribution in [3.05, 3.63) is 29.3 Å². The first-order valence-corrected chi connectivity index (χ1v) is 8.62. The van der Waals surface area contributed by atoms with Crippen LogP contribution in [0.15, 0.2) is 24.3 Å². The molecule has 2 heterocycles. The number of hydrogen-bond donors (Lipinski definition) is 2. The Bertz CT molecular complexity index is 520. The topological polar surface area (TPSA) is 44.4 Å². The Morgan fingerprint density at radius 2 is 1.96 bits per heavy atom. The molecule has 2 aliphatic heterocycles. The molecule has 4 nitrogen and oxygen atoms in total. The summed E-state index contributed by atoms with van der Waals surface area (Å²) < 4.78 is 0. The second kappa shape index (κ2) is 8.76. The van der Waals surface area contributed by atoms with E-state index in [4.69, 9.17) is 11.6 Å². The Morgan fingerprint density at radius 1 is 1.22 bits per heavy atom. The number of carbonyl (C=O) groups is 1. The maximum Gasteiger partial charge on any atom is 0.223 e. The molecular weight excluding hydrogens is 333 g/mol. The molecule has 2 aliphatic rings. The number of piperidine rings is 2. The van der Waals surface area contributed by atoms with Gasteiger partial charge in [0.1, 0.15) is 0 Å². The first-order valence-electron chi connectivity index (χ1n) is 8.24. The summed E-state index contributed by atoms with van der Waals surface area (Å²) in [5.74, 6) is 0.407. The minimum atomic E-state index is 0. The van der Waals surface area contributed by atoms with Gasteiger partial charge in [-0.2, -0.15) is 0 Å². The van der Waals surface area contributed by atoms with Gasteiger partial charge in [-0.1, -0.05) is 23.7 Å². The second-order valence-electron chi connectivity index (χ2n) is 6.27. The molecule has 23 heavy (non-hydrogen) atoms. The number of anilines is 1. The summed E-state index contributed by atoms with van der Waals surface area (Å²) in [6.45, 7) is 3.76. The predicted molar refractivity (Wildman–Crippen MR) is 97.7 cm³/mol. The van der Waals surface area contributed by atoms with Crippen molar-refractivity contribution in [2.45, 2.75) is 31.7 Å². The van der Waals surface area contributed by atoms with Crippen molar-refractivity contribution in [3.8, 4) is 0 Å². The highest BCUT2D eigenvalue weighted by Gasteiger charge is 2.26. The Labute approximate surface area is 149 Å². The highest BCUT2D eigenvalue weighted by atomic mass is 35.5. The van der Waals surface area contributed by atoms with Crippen LogP contribution in [0.25, 0.3) is 0 Å². The maximum absolute atomic E-state index is 12.4. The van der Waals surface area contributed by atoms with Crippen molar-refractivity contribution in [1.82, 2.24) is 10.6 Å². The van der Waals surface area contributed by atoms with Crippen molar-refractivity contribution in [2.24, 2.45) is 5.92 Å². The third kappa shape index (κ3) is 4.75. The Morgan fingerprint density at radius 3 is 2.70 bits per heavy atom. The standard InChI is InChI=1S/C17H24ClN3O.ClH/c18-15-5-1-2-6-16(15)21-11-3-4-14(12-21)20-17(22)13-7-9-19-10-8-13;/h1-2,5-6,13-14,19H,3-4,7-12H2,(H,20,22);1H. The maximum atomic E-state index is 12.4. The average molecular weight is 358 g/mol. The summed E-state index contributed by atoms with van der Waals surface area (Å²) in [4.78, 5) is 14.7. The van der Waals surface area contributed by atoms with Crippen LogP contribution in [0.5, 0.6) is 0 Å². The van der Waals surface area contributed by atoms with Gasteiger partial charge in [0, 0.05) is 25.0 Å². The van der Waals surface area contributed by atoms with Crippen molar-refractivity contribution in [3.63, 3.8) is 0 Å². The third-order valence-corrected chi connectivity index (χ3v) is 4.99. The van der Waals surface area contributed by atoms with Gasteiger partial charge >= 0.3 is 0 Å². The lowest BCUT2D eigenvalue weighted by Crippen LogP contribution is -2.50.